The normalized spacial score (nSPS) is 17.8. The highest BCUT2D eigenvalue weighted by atomic mass is 16.4. The van der Waals surface area contributed by atoms with Gasteiger partial charge in [-0.1, -0.05) is 0 Å². The Balaban J connectivity index is 1.61. The second kappa shape index (κ2) is 6.31. The van der Waals surface area contributed by atoms with Crippen LogP contribution in [0.5, 0.6) is 0 Å². The number of aromatic nitrogens is 3. The maximum absolute atomic E-state index is 12.2. The van der Waals surface area contributed by atoms with Crippen molar-refractivity contribution < 1.29 is 9.21 Å². The van der Waals surface area contributed by atoms with Gasteiger partial charge in [0.25, 0.3) is 5.91 Å². The Morgan fingerprint density at radius 3 is 3.14 bits per heavy atom. The van der Waals surface area contributed by atoms with Crippen molar-refractivity contribution in [1.29, 1.82) is 0 Å². The van der Waals surface area contributed by atoms with Crippen LogP contribution < -0.4 is 10.6 Å². The number of carbonyl (C=O) groups is 1. The van der Waals surface area contributed by atoms with Gasteiger partial charge in [-0.25, -0.2) is 4.98 Å². The number of aryl methyl sites for hydroxylation is 2. The van der Waals surface area contributed by atoms with Crippen molar-refractivity contribution in [3.05, 3.63) is 23.8 Å². The fourth-order valence-electron chi connectivity index (χ4n) is 2.70. The van der Waals surface area contributed by atoms with Gasteiger partial charge in [-0.2, -0.15) is 5.10 Å². The third kappa shape index (κ3) is 3.19. The largest absolute Gasteiger partial charge is 0.440 e. The Labute approximate surface area is 129 Å². The average molecular weight is 303 g/mol. The monoisotopic (exact) mass is 303 g/mol. The van der Waals surface area contributed by atoms with Gasteiger partial charge in [0, 0.05) is 19.8 Å². The van der Waals surface area contributed by atoms with E-state index in [0.29, 0.717) is 29.8 Å². The van der Waals surface area contributed by atoms with E-state index >= 15 is 0 Å². The topological polar surface area (TPSA) is 85.0 Å². The number of carbonyl (C=O) groups excluding carboxylic acids is 1. The highest BCUT2D eigenvalue weighted by molar-refractivity contribution is 5.93. The second-order valence-corrected chi connectivity index (χ2v) is 5.73. The van der Waals surface area contributed by atoms with Crippen LogP contribution in [0.2, 0.25) is 0 Å². The first-order chi connectivity index (χ1) is 10.6. The summed E-state index contributed by atoms with van der Waals surface area (Å²) < 4.78 is 7.25. The Morgan fingerprint density at radius 1 is 1.59 bits per heavy atom. The molecule has 1 fully saturated rings. The first-order valence-electron chi connectivity index (χ1n) is 7.59. The number of oxazole rings is 1. The van der Waals surface area contributed by atoms with Crippen molar-refractivity contribution in [2.45, 2.75) is 19.8 Å². The molecule has 1 aliphatic heterocycles. The van der Waals surface area contributed by atoms with E-state index in [9.17, 15) is 4.79 Å². The van der Waals surface area contributed by atoms with Crippen molar-refractivity contribution in [1.82, 2.24) is 25.4 Å². The van der Waals surface area contributed by atoms with Crippen LogP contribution in [0.1, 0.15) is 29.1 Å². The van der Waals surface area contributed by atoms with Gasteiger partial charge in [0.1, 0.15) is 5.76 Å². The van der Waals surface area contributed by atoms with Crippen molar-refractivity contribution in [2.75, 3.05) is 19.6 Å². The van der Waals surface area contributed by atoms with Crippen LogP contribution >= 0.6 is 0 Å². The molecule has 1 amide bonds. The Morgan fingerprint density at radius 2 is 2.45 bits per heavy atom. The molecule has 22 heavy (non-hydrogen) atoms. The molecule has 1 saturated heterocycles. The minimum Gasteiger partial charge on any atom is -0.440 e. The molecule has 7 heteroatoms. The molecular weight excluding hydrogens is 282 g/mol. The van der Waals surface area contributed by atoms with Crippen LogP contribution in [-0.4, -0.2) is 40.3 Å². The zero-order chi connectivity index (χ0) is 15.5. The van der Waals surface area contributed by atoms with Gasteiger partial charge in [-0.05, 0) is 38.8 Å². The zero-order valence-electron chi connectivity index (χ0n) is 12.9. The Bertz CT molecular complexity index is 655. The molecule has 1 atom stereocenters. The van der Waals surface area contributed by atoms with Crippen LogP contribution in [-0.2, 0) is 7.05 Å². The molecule has 2 aromatic heterocycles. The molecule has 0 spiro atoms. The van der Waals surface area contributed by atoms with E-state index in [1.807, 2.05) is 7.05 Å². The SMILES string of the molecule is Cc1oc(-c2cnn(C)c2)nc1C(=O)NCCC1CCNC1. The smallest absolute Gasteiger partial charge is 0.273 e. The fourth-order valence-corrected chi connectivity index (χ4v) is 2.70. The molecule has 3 rings (SSSR count). The van der Waals surface area contributed by atoms with E-state index in [2.05, 4.69) is 20.7 Å². The molecule has 2 N–H and O–H groups in total. The lowest BCUT2D eigenvalue weighted by Crippen LogP contribution is -2.27. The quantitative estimate of drug-likeness (QED) is 0.864. The van der Waals surface area contributed by atoms with E-state index in [-0.39, 0.29) is 5.91 Å². The fraction of sp³-hybridized carbons (Fsp3) is 0.533. The van der Waals surface area contributed by atoms with Crippen molar-refractivity contribution in [2.24, 2.45) is 13.0 Å². The first kappa shape index (κ1) is 14.8. The second-order valence-electron chi connectivity index (χ2n) is 5.73. The van der Waals surface area contributed by atoms with E-state index in [1.165, 1.54) is 6.42 Å². The molecule has 0 radical (unpaired) electrons. The highest BCUT2D eigenvalue weighted by Crippen LogP contribution is 2.21. The van der Waals surface area contributed by atoms with Gasteiger partial charge < -0.3 is 15.1 Å². The number of nitrogens with zero attached hydrogens (tertiary/aromatic N) is 3. The number of nitrogens with one attached hydrogen (secondary N) is 2. The molecule has 118 valence electrons. The third-order valence-corrected chi connectivity index (χ3v) is 3.96. The molecule has 1 unspecified atom stereocenters. The molecule has 0 saturated carbocycles. The predicted octanol–water partition coefficient (Wildman–Crippen LogP) is 1.11. The molecule has 7 nitrogen and oxygen atoms in total. The number of rotatable bonds is 5. The third-order valence-electron chi connectivity index (χ3n) is 3.96. The summed E-state index contributed by atoms with van der Waals surface area (Å²) in [5, 5.41) is 10.3. The Kier molecular flexibility index (Phi) is 4.24. The van der Waals surface area contributed by atoms with Gasteiger partial charge in [-0.3, -0.25) is 9.48 Å². The molecule has 1 aliphatic rings. The summed E-state index contributed by atoms with van der Waals surface area (Å²) in [6.07, 6.45) is 5.65. The van der Waals surface area contributed by atoms with Crippen molar-refractivity contribution in [3.63, 3.8) is 0 Å². The zero-order valence-corrected chi connectivity index (χ0v) is 12.9. The minimum absolute atomic E-state index is 0.178. The molecule has 2 aromatic rings. The lowest BCUT2D eigenvalue weighted by Gasteiger charge is -2.08. The summed E-state index contributed by atoms with van der Waals surface area (Å²) in [7, 11) is 1.82. The van der Waals surface area contributed by atoms with Crippen molar-refractivity contribution in [3.8, 4) is 11.5 Å². The standard InChI is InChI=1S/C15H21N5O2/c1-10-13(14(21)17-6-4-11-3-5-16-7-11)19-15(22-10)12-8-18-20(2)9-12/h8-9,11,16H,3-7H2,1-2H3,(H,17,21). The van der Waals surface area contributed by atoms with Gasteiger partial charge in [0.2, 0.25) is 5.89 Å². The molecular formula is C15H21N5O2. The molecule has 0 aromatic carbocycles. The maximum atomic E-state index is 12.2. The van der Waals surface area contributed by atoms with Crippen molar-refractivity contribution >= 4 is 5.91 Å². The lowest BCUT2D eigenvalue weighted by atomic mass is 10.1. The lowest BCUT2D eigenvalue weighted by molar-refractivity contribution is 0.0946. The molecule has 3 heterocycles. The summed E-state index contributed by atoms with van der Waals surface area (Å²) >= 11 is 0. The molecule has 0 bridgehead atoms. The summed E-state index contributed by atoms with van der Waals surface area (Å²) in [5.74, 6) is 1.43. The van der Waals surface area contributed by atoms with Crippen LogP contribution in [0.15, 0.2) is 16.8 Å². The van der Waals surface area contributed by atoms with E-state index in [4.69, 9.17) is 4.42 Å². The van der Waals surface area contributed by atoms with Crippen LogP contribution in [0, 0.1) is 12.8 Å². The number of amides is 1. The number of hydrogen-bond acceptors (Lipinski definition) is 5. The van der Waals surface area contributed by atoms with Gasteiger partial charge in [-0.15, -0.1) is 0 Å². The first-order valence-corrected chi connectivity index (χ1v) is 7.59. The minimum atomic E-state index is -0.178. The van der Waals surface area contributed by atoms with Gasteiger partial charge in [0.15, 0.2) is 5.69 Å². The summed E-state index contributed by atoms with van der Waals surface area (Å²) in [6, 6.07) is 0. The summed E-state index contributed by atoms with van der Waals surface area (Å²) in [5.41, 5.74) is 1.12. The van der Waals surface area contributed by atoms with E-state index < -0.39 is 0 Å². The average Bonchev–Trinajstić information content (AvgIpc) is 3.19. The summed E-state index contributed by atoms with van der Waals surface area (Å²) in [6.45, 7) is 4.54. The van der Waals surface area contributed by atoms with Crippen LogP contribution in [0.4, 0.5) is 0 Å². The molecule has 0 aliphatic carbocycles. The number of hydrogen-bond donors (Lipinski definition) is 2. The van der Waals surface area contributed by atoms with E-state index in [1.54, 1.807) is 24.0 Å². The van der Waals surface area contributed by atoms with E-state index in [0.717, 1.165) is 25.1 Å². The van der Waals surface area contributed by atoms with Crippen LogP contribution in [0.3, 0.4) is 0 Å². The highest BCUT2D eigenvalue weighted by Gasteiger charge is 2.19. The van der Waals surface area contributed by atoms with Gasteiger partial charge in [0.05, 0.1) is 11.8 Å². The summed E-state index contributed by atoms with van der Waals surface area (Å²) in [4.78, 5) is 16.5. The van der Waals surface area contributed by atoms with Crippen LogP contribution in [0.25, 0.3) is 11.5 Å². The Hall–Kier alpha value is -2.15. The predicted molar refractivity (Wildman–Crippen MR) is 81.4 cm³/mol. The van der Waals surface area contributed by atoms with Gasteiger partial charge >= 0.3 is 0 Å². The maximum Gasteiger partial charge on any atom is 0.273 e.